The monoisotopic (exact) mass is 394 g/mol. The number of rotatable bonds is 7. The summed E-state index contributed by atoms with van der Waals surface area (Å²) in [6.07, 6.45) is 2.65. The lowest BCUT2D eigenvalue weighted by Gasteiger charge is -2.27. The first-order chi connectivity index (χ1) is 12.4. The summed E-state index contributed by atoms with van der Waals surface area (Å²) in [7, 11) is -2.91. The average molecular weight is 395 g/mol. The Morgan fingerprint density at radius 3 is 2.62 bits per heavy atom. The molecule has 1 atom stereocenters. The highest BCUT2D eigenvalue weighted by Gasteiger charge is 2.32. The number of sulfone groups is 1. The standard InChI is InChI=1S/C18H26N4O2S2/c1-3-10-21(16-9-11-26(23,24)12-16)13-22-18(25)19-17(20-22)15-7-5-14(4-2)6-8-15/h5-8,16H,3-4,9-13H2,1-2H3,(H,19,20,25). The fourth-order valence-electron chi connectivity index (χ4n) is 3.38. The third-order valence-electron chi connectivity index (χ3n) is 4.87. The first-order valence-electron chi connectivity index (χ1n) is 9.12. The molecule has 0 spiro atoms. The van der Waals surface area contributed by atoms with Gasteiger partial charge in [0.2, 0.25) is 4.77 Å². The number of nitrogens with one attached hydrogen (secondary N) is 1. The second-order valence-corrected chi connectivity index (χ2v) is 9.44. The van der Waals surface area contributed by atoms with Crippen LogP contribution in [-0.4, -0.2) is 52.2 Å². The smallest absolute Gasteiger partial charge is 0.217 e. The molecule has 1 aromatic carbocycles. The van der Waals surface area contributed by atoms with Gasteiger partial charge >= 0.3 is 0 Å². The minimum atomic E-state index is -2.91. The quantitative estimate of drug-likeness (QED) is 0.731. The predicted octanol–water partition coefficient (Wildman–Crippen LogP) is 3.03. The van der Waals surface area contributed by atoms with E-state index < -0.39 is 9.84 Å². The number of aryl methyl sites for hydroxylation is 1. The van der Waals surface area contributed by atoms with Crippen LogP contribution in [0.4, 0.5) is 0 Å². The molecule has 6 nitrogen and oxygen atoms in total. The summed E-state index contributed by atoms with van der Waals surface area (Å²) in [6, 6.07) is 8.34. The van der Waals surface area contributed by atoms with E-state index in [9.17, 15) is 8.42 Å². The molecule has 1 aliphatic rings. The number of hydrogen-bond donors (Lipinski definition) is 1. The molecule has 3 rings (SSSR count). The van der Waals surface area contributed by atoms with E-state index in [4.69, 9.17) is 12.2 Å². The van der Waals surface area contributed by atoms with E-state index in [1.165, 1.54) is 5.56 Å². The molecule has 1 saturated heterocycles. The minimum Gasteiger partial charge on any atom is -0.280 e. The average Bonchev–Trinajstić information content (AvgIpc) is 3.17. The van der Waals surface area contributed by atoms with E-state index in [0.717, 1.165) is 30.8 Å². The topological polar surface area (TPSA) is 71.0 Å². The molecular formula is C18H26N4O2S2. The van der Waals surface area contributed by atoms with Gasteiger partial charge in [-0.15, -0.1) is 0 Å². The summed E-state index contributed by atoms with van der Waals surface area (Å²) in [6.45, 7) is 5.60. The fraction of sp³-hybridized carbons (Fsp3) is 0.556. The third-order valence-corrected chi connectivity index (χ3v) is 6.94. The third kappa shape index (κ3) is 4.42. The van der Waals surface area contributed by atoms with Crippen molar-refractivity contribution < 1.29 is 8.42 Å². The van der Waals surface area contributed by atoms with Crippen LogP contribution in [0.2, 0.25) is 0 Å². The fourth-order valence-corrected chi connectivity index (χ4v) is 5.34. The first kappa shape index (κ1) is 19.3. The Labute approximate surface area is 160 Å². The second kappa shape index (κ2) is 8.02. The molecule has 1 fully saturated rings. The number of benzene rings is 1. The highest BCUT2D eigenvalue weighted by Crippen LogP contribution is 2.20. The maximum Gasteiger partial charge on any atom is 0.217 e. The summed E-state index contributed by atoms with van der Waals surface area (Å²) < 4.78 is 26.0. The van der Waals surface area contributed by atoms with E-state index in [0.29, 0.717) is 17.9 Å². The largest absolute Gasteiger partial charge is 0.280 e. The highest BCUT2D eigenvalue weighted by atomic mass is 32.2. The summed E-state index contributed by atoms with van der Waals surface area (Å²) in [4.78, 5) is 6.68. The van der Waals surface area contributed by atoms with Gasteiger partial charge in [-0.2, -0.15) is 4.98 Å². The van der Waals surface area contributed by atoms with Crippen LogP contribution in [0.1, 0.15) is 32.3 Å². The van der Waals surface area contributed by atoms with Crippen LogP contribution in [-0.2, 0) is 22.9 Å². The lowest BCUT2D eigenvalue weighted by atomic mass is 10.1. The van der Waals surface area contributed by atoms with E-state index in [1.54, 1.807) is 0 Å². The molecule has 2 heterocycles. The molecule has 1 unspecified atom stereocenters. The van der Waals surface area contributed by atoms with Crippen LogP contribution in [0.3, 0.4) is 0 Å². The van der Waals surface area contributed by atoms with Crippen molar-refractivity contribution in [3.8, 4) is 11.4 Å². The Balaban J connectivity index is 1.79. The maximum absolute atomic E-state index is 11.8. The van der Waals surface area contributed by atoms with Gasteiger partial charge < -0.3 is 0 Å². The first-order valence-corrected chi connectivity index (χ1v) is 11.4. The Bertz CT molecular complexity index is 900. The van der Waals surface area contributed by atoms with Crippen LogP contribution < -0.4 is 0 Å². The zero-order valence-corrected chi connectivity index (χ0v) is 16.9. The van der Waals surface area contributed by atoms with Crippen molar-refractivity contribution in [1.82, 2.24) is 19.7 Å². The van der Waals surface area contributed by atoms with Crippen molar-refractivity contribution in [2.24, 2.45) is 0 Å². The van der Waals surface area contributed by atoms with Gasteiger partial charge in [0.05, 0.1) is 18.2 Å². The van der Waals surface area contributed by atoms with Crippen LogP contribution in [0.25, 0.3) is 11.4 Å². The minimum absolute atomic E-state index is 0.0532. The van der Waals surface area contributed by atoms with Crippen molar-refractivity contribution in [3.05, 3.63) is 34.6 Å². The SMILES string of the molecule is CCCN(Cn1[nH]c(-c2ccc(CC)cc2)nc1=S)C1CCS(=O)(=O)C1. The molecule has 0 bridgehead atoms. The van der Waals surface area contributed by atoms with Crippen LogP contribution in [0.15, 0.2) is 24.3 Å². The van der Waals surface area contributed by atoms with Gasteiger partial charge in [0.1, 0.15) is 0 Å². The predicted molar refractivity (Wildman–Crippen MR) is 106 cm³/mol. The van der Waals surface area contributed by atoms with E-state index >= 15 is 0 Å². The zero-order chi connectivity index (χ0) is 18.7. The molecule has 142 valence electrons. The summed E-state index contributed by atoms with van der Waals surface area (Å²) in [5.74, 6) is 1.26. The molecule has 2 aromatic rings. The van der Waals surface area contributed by atoms with E-state index in [2.05, 4.69) is 41.0 Å². The van der Waals surface area contributed by atoms with Gasteiger partial charge in [-0.05, 0) is 43.6 Å². The lowest BCUT2D eigenvalue weighted by molar-refractivity contribution is 0.155. The number of nitrogens with zero attached hydrogens (tertiary/aromatic N) is 3. The van der Waals surface area contributed by atoms with Crippen molar-refractivity contribution in [2.45, 2.75) is 45.8 Å². The molecule has 0 aliphatic carbocycles. The molecule has 8 heteroatoms. The van der Waals surface area contributed by atoms with E-state index in [-0.39, 0.29) is 17.5 Å². The van der Waals surface area contributed by atoms with Gasteiger partial charge in [-0.1, -0.05) is 38.1 Å². The molecule has 1 N–H and O–H groups in total. The van der Waals surface area contributed by atoms with Crippen LogP contribution in [0.5, 0.6) is 0 Å². The van der Waals surface area contributed by atoms with Crippen molar-refractivity contribution in [2.75, 3.05) is 18.1 Å². The number of aromatic nitrogens is 3. The molecule has 1 aromatic heterocycles. The van der Waals surface area contributed by atoms with Crippen LogP contribution >= 0.6 is 12.2 Å². The molecule has 26 heavy (non-hydrogen) atoms. The van der Waals surface area contributed by atoms with Crippen molar-refractivity contribution in [3.63, 3.8) is 0 Å². The zero-order valence-electron chi connectivity index (χ0n) is 15.3. The van der Waals surface area contributed by atoms with E-state index in [1.807, 2.05) is 16.8 Å². The van der Waals surface area contributed by atoms with Gasteiger partial charge in [0.15, 0.2) is 15.7 Å². The number of aromatic amines is 1. The van der Waals surface area contributed by atoms with Gasteiger partial charge in [-0.3, -0.25) is 10.00 Å². The Hall–Kier alpha value is -1.51. The molecule has 0 saturated carbocycles. The van der Waals surface area contributed by atoms with Gasteiger partial charge in [0, 0.05) is 11.6 Å². The lowest BCUT2D eigenvalue weighted by Crippen LogP contribution is -2.38. The van der Waals surface area contributed by atoms with Gasteiger partial charge in [-0.25, -0.2) is 13.1 Å². The molecule has 1 aliphatic heterocycles. The Morgan fingerprint density at radius 1 is 1.31 bits per heavy atom. The maximum atomic E-state index is 11.8. The Kier molecular flexibility index (Phi) is 5.94. The van der Waals surface area contributed by atoms with Crippen molar-refractivity contribution in [1.29, 1.82) is 0 Å². The number of H-pyrrole nitrogens is 1. The normalized spacial score (nSPS) is 19.3. The van der Waals surface area contributed by atoms with Crippen LogP contribution in [0, 0.1) is 4.77 Å². The summed E-state index contributed by atoms with van der Waals surface area (Å²) in [5, 5.41) is 3.28. The Morgan fingerprint density at radius 2 is 2.04 bits per heavy atom. The molecular weight excluding hydrogens is 368 g/mol. The van der Waals surface area contributed by atoms with Gasteiger partial charge in [0.25, 0.3) is 0 Å². The summed E-state index contributed by atoms with van der Waals surface area (Å²) in [5.41, 5.74) is 2.28. The molecule has 0 radical (unpaired) electrons. The number of hydrogen-bond acceptors (Lipinski definition) is 5. The molecule has 0 amide bonds. The summed E-state index contributed by atoms with van der Waals surface area (Å²) >= 11 is 5.42. The second-order valence-electron chi connectivity index (χ2n) is 6.84. The van der Waals surface area contributed by atoms with Crippen molar-refractivity contribution >= 4 is 22.1 Å². The highest BCUT2D eigenvalue weighted by molar-refractivity contribution is 7.91.